The van der Waals surface area contributed by atoms with Crippen LogP contribution in [0.3, 0.4) is 0 Å². The van der Waals surface area contributed by atoms with Crippen LogP contribution in [0.5, 0.6) is 5.75 Å². The summed E-state index contributed by atoms with van der Waals surface area (Å²) in [6, 6.07) is 1.70. The molecular weight excluding hydrogens is 223 g/mol. The third-order valence-electron chi connectivity index (χ3n) is 2.06. The van der Waals surface area contributed by atoms with Crippen LogP contribution < -0.4 is 10.5 Å². The number of hydrogen-bond acceptors (Lipinski definition) is 3. The van der Waals surface area contributed by atoms with E-state index in [4.69, 9.17) is 10.5 Å². The van der Waals surface area contributed by atoms with Crippen molar-refractivity contribution in [3.05, 3.63) is 23.3 Å². The number of anilines is 1. The van der Waals surface area contributed by atoms with Crippen LogP contribution >= 0.6 is 0 Å². The number of halogens is 3. The zero-order valence-corrected chi connectivity index (χ0v) is 8.68. The number of carbonyl (C=O) groups is 1. The van der Waals surface area contributed by atoms with E-state index in [1.165, 1.54) is 7.11 Å². The van der Waals surface area contributed by atoms with E-state index in [1.807, 2.05) is 0 Å². The van der Waals surface area contributed by atoms with Crippen molar-refractivity contribution in [2.45, 2.75) is 13.1 Å². The molecule has 0 fully saturated rings. The maximum Gasteiger partial charge on any atom is 0.418 e. The Labute approximate surface area is 90.0 Å². The van der Waals surface area contributed by atoms with Crippen LogP contribution in [0.1, 0.15) is 22.8 Å². The van der Waals surface area contributed by atoms with Crippen LogP contribution in [-0.4, -0.2) is 12.9 Å². The molecule has 0 bridgehead atoms. The molecule has 16 heavy (non-hydrogen) atoms. The fourth-order valence-electron chi connectivity index (χ4n) is 1.29. The molecular formula is C10H10F3NO2. The predicted molar refractivity (Wildman–Crippen MR) is 52.4 cm³/mol. The first-order chi connectivity index (χ1) is 7.27. The largest absolute Gasteiger partial charge is 0.496 e. The van der Waals surface area contributed by atoms with Gasteiger partial charge in [-0.1, -0.05) is 0 Å². The normalized spacial score (nSPS) is 11.3. The predicted octanol–water partition coefficient (Wildman–Crippen LogP) is 2.50. The van der Waals surface area contributed by atoms with Crippen molar-refractivity contribution in [1.29, 1.82) is 0 Å². The van der Waals surface area contributed by atoms with Crippen molar-refractivity contribution in [3.8, 4) is 5.75 Å². The van der Waals surface area contributed by atoms with Gasteiger partial charge in [0.2, 0.25) is 0 Å². The minimum atomic E-state index is -4.58. The van der Waals surface area contributed by atoms with Crippen molar-refractivity contribution in [3.63, 3.8) is 0 Å². The molecule has 0 aliphatic carbocycles. The van der Waals surface area contributed by atoms with Crippen LogP contribution in [0.2, 0.25) is 0 Å². The van der Waals surface area contributed by atoms with Crippen LogP contribution in [-0.2, 0) is 6.18 Å². The Kier molecular flexibility index (Phi) is 3.11. The molecule has 1 aromatic rings. The summed E-state index contributed by atoms with van der Waals surface area (Å²) < 4.78 is 42.3. The van der Waals surface area contributed by atoms with Gasteiger partial charge in [-0.2, -0.15) is 13.2 Å². The van der Waals surface area contributed by atoms with Gasteiger partial charge in [0.1, 0.15) is 5.75 Å². The average Bonchev–Trinajstić information content (AvgIpc) is 2.14. The maximum atomic E-state index is 12.5. The number of Topliss-reactive ketones (excluding diaryl/α,β-unsaturated/α-hetero) is 1. The summed E-state index contributed by atoms with van der Waals surface area (Å²) in [4.78, 5) is 11.1. The average molecular weight is 233 g/mol. The number of nitrogens with two attached hydrogens (primary N) is 1. The number of ketones is 1. The molecule has 0 heterocycles. The number of methoxy groups -OCH3 is 1. The fraction of sp³-hybridized carbons (Fsp3) is 0.300. The summed E-state index contributed by atoms with van der Waals surface area (Å²) in [7, 11) is 1.26. The Bertz CT molecular complexity index is 427. The first-order valence-electron chi connectivity index (χ1n) is 4.33. The zero-order valence-electron chi connectivity index (χ0n) is 8.68. The van der Waals surface area contributed by atoms with Gasteiger partial charge in [0.15, 0.2) is 5.78 Å². The van der Waals surface area contributed by atoms with Crippen LogP contribution in [0, 0.1) is 0 Å². The van der Waals surface area contributed by atoms with Gasteiger partial charge >= 0.3 is 6.18 Å². The molecule has 0 unspecified atom stereocenters. The number of hydrogen-bond donors (Lipinski definition) is 1. The van der Waals surface area contributed by atoms with E-state index in [0.29, 0.717) is 6.07 Å². The zero-order chi connectivity index (χ0) is 12.5. The number of benzene rings is 1. The lowest BCUT2D eigenvalue weighted by atomic mass is 10.0. The Morgan fingerprint density at radius 2 is 1.94 bits per heavy atom. The number of nitrogen functional groups attached to an aromatic ring is 1. The van der Waals surface area contributed by atoms with Crippen molar-refractivity contribution in [2.75, 3.05) is 12.8 Å². The van der Waals surface area contributed by atoms with E-state index in [-0.39, 0.29) is 11.3 Å². The molecule has 2 N–H and O–H groups in total. The molecule has 1 rings (SSSR count). The van der Waals surface area contributed by atoms with E-state index in [1.54, 1.807) is 0 Å². The molecule has 0 aromatic heterocycles. The van der Waals surface area contributed by atoms with Gasteiger partial charge in [-0.15, -0.1) is 0 Å². The van der Waals surface area contributed by atoms with E-state index in [2.05, 4.69) is 0 Å². The van der Waals surface area contributed by atoms with Gasteiger partial charge in [-0.25, -0.2) is 0 Å². The van der Waals surface area contributed by atoms with Crippen molar-refractivity contribution >= 4 is 11.5 Å². The molecule has 0 atom stereocenters. The van der Waals surface area contributed by atoms with Crippen LogP contribution in [0.15, 0.2) is 12.1 Å². The van der Waals surface area contributed by atoms with Gasteiger partial charge in [-0.3, -0.25) is 4.79 Å². The number of rotatable bonds is 2. The topological polar surface area (TPSA) is 52.3 Å². The molecule has 0 aliphatic rings. The first-order valence-corrected chi connectivity index (χ1v) is 4.33. The highest BCUT2D eigenvalue weighted by molar-refractivity contribution is 5.97. The summed E-state index contributed by atoms with van der Waals surface area (Å²) in [6.45, 7) is 1.16. The second kappa shape index (κ2) is 4.03. The lowest BCUT2D eigenvalue weighted by Gasteiger charge is -2.13. The number of carbonyl (C=O) groups excluding carboxylic acids is 1. The molecule has 0 spiro atoms. The minimum Gasteiger partial charge on any atom is -0.496 e. The quantitative estimate of drug-likeness (QED) is 0.630. The summed E-state index contributed by atoms with van der Waals surface area (Å²) in [5.74, 6) is -0.472. The van der Waals surface area contributed by atoms with Crippen molar-refractivity contribution in [1.82, 2.24) is 0 Å². The summed E-state index contributed by atoms with van der Waals surface area (Å²) in [6.07, 6.45) is -4.58. The molecule has 6 heteroatoms. The second-order valence-corrected chi connectivity index (χ2v) is 3.19. The highest BCUT2D eigenvalue weighted by Crippen LogP contribution is 2.37. The summed E-state index contributed by atoms with van der Waals surface area (Å²) in [5, 5.41) is 0. The fourth-order valence-corrected chi connectivity index (χ4v) is 1.29. The third kappa shape index (κ3) is 2.26. The van der Waals surface area contributed by atoms with Crippen LogP contribution in [0.25, 0.3) is 0 Å². The maximum absolute atomic E-state index is 12.5. The third-order valence-corrected chi connectivity index (χ3v) is 2.06. The molecule has 1 aromatic carbocycles. The standard InChI is InChI=1S/C10H10F3NO2/c1-5(15)6-3-7(10(11,12)13)8(14)4-9(6)16-2/h3-4H,14H2,1-2H3. The van der Waals surface area contributed by atoms with E-state index < -0.39 is 23.2 Å². The summed E-state index contributed by atoms with van der Waals surface area (Å²) in [5.41, 5.74) is 3.61. The highest BCUT2D eigenvalue weighted by Gasteiger charge is 2.34. The SMILES string of the molecule is COc1cc(N)c(C(F)(F)F)cc1C(C)=O. The lowest BCUT2D eigenvalue weighted by molar-refractivity contribution is -0.136. The van der Waals surface area contributed by atoms with Crippen LogP contribution in [0.4, 0.5) is 18.9 Å². The Hall–Kier alpha value is -1.72. The Balaban J connectivity index is 3.45. The lowest BCUT2D eigenvalue weighted by Crippen LogP contribution is -2.11. The molecule has 0 saturated heterocycles. The van der Waals surface area contributed by atoms with E-state index >= 15 is 0 Å². The minimum absolute atomic E-state index is 0.0398. The first kappa shape index (κ1) is 12.4. The molecule has 3 nitrogen and oxygen atoms in total. The van der Waals surface area contributed by atoms with Gasteiger partial charge in [0.25, 0.3) is 0 Å². The highest BCUT2D eigenvalue weighted by atomic mass is 19.4. The molecule has 88 valence electrons. The second-order valence-electron chi connectivity index (χ2n) is 3.19. The molecule has 0 amide bonds. The number of ether oxygens (including phenoxy) is 1. The van der Waals surface area contributed by atoms with E-state index in [0.717, 1.165) is 13.0 Å². The van der Waals surface area contributed by atoms with Crippen molar-refractivity contribution in [2.24, 2.45) is 0 Å². The Morgan fingerprint density at radius 3 is 2.31 bits per heavy atom. The number of alkyl halides is 3. The van der Waals surface area contributed by atoms with Gasteiger partial charge < -0.3 is 10.5 Å². The Morgan fingerprint density at radius 1 is 1.38 bits per heavy atom. The van der Waals surface area contributed by atoms with E-state index in [9.17, 15) is 18.0 Å². The molecule has 0 saturated carbocycles. The van der Waals surface area contributed by atoms with Gasteiger partial charge in [0.05, 0.1) is 18.2 Å². The molecule has 0 radical (unpaired) electrons. The van der Waals surface area contributed by atoms with Crippen molar-refractivity contribution < 1.29 is 22.7 Å². The van der Waals surface area contributed by atoms with Gasteiger partial charge in [-0.05, 0) is 13.0 Å². The monoisotopic (exact) mass is 233 g/mol. The molecule has 0 aliphatic heterocycles. The van der Waals surface area contributed by atoms with Gasteiger partial charge in [0, 0.05) is 11.8 Å². The smallest absolute Gasteiger partial charge is 0.418 e. The summed E-state index contributed by atoms with van der Waals surface area (Å²) >= 11 is 0.